The minimum absolute atomic E-state index is 0. The van der Waals surface area contributed by atoms with Crippen molar-refractivity contribution >= 4 is 47.7 Å². The summed E-state index contributed by atoms with van der Waals surface area (Å²) in [6.45, 7) is 2.06. The van der Waals surface area contributed by atoms with Crippen LogP contribution in [0.25, 0.3) is 0 Å². The summed E-state index contributed by atoms with van der Waals surface area (Å²) in [6.07, 6.45) is 0. The van der Waals surface area contributed by atoms with Gasteiger partial charge in [0, 0.05) is 17.1 Å². The summed E-state index contributed by atoms with van der Waals surface area (Å²) >= 11 is 0. The van der Waals surface area contributed by atoms with Gasteiger partial charge in [0.15, 0.2) is 0 Å². The average molecular weight is 597 g/mol. The van der Waals surface area contributed by atoms with E-state index in [1.165, 1.54) is 37.4 Å². The molecule has 0 amide bonds. The number of rotatable bonds is 7. The van der Waals surface area contributed by atoms with Crippen LogP contribution in [0.5, 0.6) is 0 Å². The van der Waals surface area contributed by atoms with Crippen LogP contribution in [0.15, 0.2) is 164 Å². The molecule has 2 N–H and O–H groups in total. The quantitative estimate of drug-likeness (QED) is 0.130. The minimum atomic E-state index is -0.542. The predicted molar refractivity (Wildman–Crippen MR) is 174 cm³/mol. The van der Waals surface area contributed by atoms with Crippen LogP contribution in [0.2, 0.25) is 0 Å². The zero-order valence-corrected chi connectivity index (χ0v) is 25.4. The van der Waals surface area contributed by atoms with E-state index in [0.717, 1.165) is 0 Å². The molecule has 1 atom stereocenters. The molecule has 0 radical (unpaired) electrons. The van der Waals surface area contributed by atoms with E-state index >= 15 is 0 Å². The van der Waals surface area contributed by atoms with E-state index in [1.807, 2.05) is 0 Å². The Morgan fingerprint density at radius 3 is 1.38 bits per heavy atom. The maximum atomic E-state index is 6.16. The normalized spacial score (nSPS) is 11.4. The van der Waals surface area contributed by atoms with Gasteiger partial charge < -0.3 is 35.3 Å². The van der Waals surface area contributed by atoms with Crippen LogP contribution < -0.4 is 37.6 Å². The van der Waals surface area contributed by atoms with E-state index in [1.54, 1.807) is 0 Å². The van der Waals surface area contributed by atoms with Crippen molar-refractivity contribution < 1.29 is 17.1 Å². The summed E-state index contributed by atoms with van der Waals surface area (Å²) in [5.41, 5.74) is 7.42. The molecule has 1 nitrogen and oxygen atoms in total. The smallest absolute Gasteiger partial charge is 0 e. The van der Waals surface area contributed by atoms with Gasteiger partial charge in [-0.15, -0.1) is 10.9 Å². The van der Waals surface area contributed by atoms with Crippen LogP contribution in [0.4, 0.5) is 0 Å². The second kappa shape index (κ2) is 15.1. The summed E-state index contributed by atoms with van der Waals surface area (Å²) in [5, 5.41) is 8.34. The molecule has 0 aliphatic heterocycles. The molecule has 0 aromatic heterocycles. The molecule has 0 heterocycles. The van der Waals surface area contributed by atoms with Crippen LogP contribution >= 0.6 is 15.8 Å². The fourth-order valence-corrected chi connectivity index (χ4v) is 9.58. The topological polar surface area (TPSA) is 26.0 Å². The minimum Gasteiger partial charge on any atom is -0.747 e. The van der Waals surface area contributed by atoms with E-state index in [4.69, 9.17) is 5.73 Å². The second-order valence-electron chi connectivity index (χ2n) is 9.31. The van der Waals surface area contributed by atoms with E-state index in [2.05, 4.69) is 171 Å². The predicted octanol–water partition coefficient (Wildman–Crippen LogP) is 6.34. The first kappa shape index (κ1) is 29.9. The van der Waals surface area contributed by atoms with Gasteiger partial charge in [-0.1, -0.05) is 139 Å². The third kappa shape index (κ3) is 7.35. The van der Waals surface area contributed by atoms with Crippen molar-refractivity contribution in [2.45, 2.75) is 13.0 Å². The van der Waals surface area contributed by atoms with Crippen molar-refractivity contribution in [1.82, 2.24) is 0 Å². The number of hydrogen-bond donors (Lipinski definition) is 1. The Labute approximate surface area is 251 Å². The van der Waals surface area contributed by atoms with Crippen molar-refractivity contribution in [3.8, 4) is 0 Å². The van der Waals surface area contributed by atoms with E-state index < -0.39 is 15.8 Å². The van der Waals surface area contributed by atoms with Crippen molar-refractivity contribution in [1.29, 1.82) is 0 Å². The van der Waals surface area contributed by atoms with Gasteiger partial charge in [-0.05, 0) is 24.6 Å². The van der Waals surface area contributed by atoms with Crippen LogP contribution in [-0.2, 0) is 17.1 Å². The standard InChI is InChI=1S/C19H19NP.C17H14P.Fe/c1-15(20)18-13-8-14-19(18)21(16-9-4-2-5-10-16)17-11-6-3-7-12-17;1-3-9-15(10-4-1)18(17-13-7-8-14-17)16-11-5-2-6-12-16;/h2-15H,20H2,1H3;1-14H;/q-1;-5;. The van der Waals surface area contributed by atoms with Crippen LogP contribution in [0, 0.1) is 0 Å². The Morgan fingerprint density at radius 1 is 0.575 bits per heavy atom. The van der Waals surface area contributed by atoms with Crippen LogP contribution in [-0.4, -0.2) is 0 Å². The molecule has 0 fully saturated rings. The Balaban J connectivity index is 0.000000182. The fourth-order valence-electron chi connectivity index (χ4n) is 4.71. The molecule has 0 spiro atoms. The first-order chi connectivity index (χ1) is 19.2. The van der Waals surface area contributed by atoms with Crippen LogP contribution in [0.3, 0.4) is 0 Å². The van der Waals surface area contributed by atoms with Crippen LogP contribution in [0.1, 0.15) is 18.5 Å². The summed E-state index contributed by atoms with van der Waals surface area (Å²) < 4.78 is 0. The molecule has 0 saturated heterocycles. The molecule has 6 aromatic rings. The van der Waals surface area contributed by atoms with Gasteiger partial charge in [-0.2, -0.15) is 6.07 Å². The van der Waals surface area contributed by atoms with Crippen molar-refractivity contribution in [3.63, 3.8) is 0 Å². The van der Waals surface area contributed by atoms with E-state index in [9.17, 15) is 0 Å². The summed E-state index contributed by atoms with van der Waals surface area (Å²) in [5.74, 6) is 0. The number of hydrogen-bond acceptors (Lipinski definition) is 1. The molecular weight excluding hydrogens is 564 g/mol. The molecule has 6 rings (SSSR count). The molecule has 0 saturated carbocycles. The Hall–Kier alpha value is -3.08. The Bertz CT molecular complexity index is 1430. The SMILES string of the molecule is CC(N)[c-]1cccc1P(c1ccccc1)c1ccccc1.[Fe].c1ccc(P(c2ccccc2)[c-]2[cH-][cH-][cH-][cH-]2)cc1. The van der Waals surface area contributed by atoms with Gasteiger partial charge in [-0.3, -0.25) is 0 Å². The maximum absolute atomic E-state index is 6.16. The van der Waals surface area contributed by atoms with Gasteiger partial charge in [0.05, 0.1) is 0 Å². The van der Waals surface area contributed by atoms with Crippen molar-refractivity contribution in [2.24, 2.45) is 5.73 Å². The van der Waals surface area contributed by atoms with Gasteiger partial charge in [0.1, 0.15) is 0 Å². The van der Waals surface area contributed by atoms with Crippen molar-refractivity contribution in [2.75, 3.05) is 0 Å². The van der Waals surface area contributed by atoms with Gasteiger partial charge in [0.2, 0.25) is 0 Å². The van der Waals surface area contributed by atoms with E-state index in [0.29, 0.717) is 0 Å². The molecule has 4 heteroatoms. The summed E-state index contributed by atoms with van der Waals surface area (Å²) in [7, 11) is -0.951. The second-order valence-corrected chi connectivity index (χ2v) is 13.7. The molecular formula is C36H33FeNP2-6. The largest absolute Gasteiger partial charge is 0.747 e. The van der Waals surface area contributed by atoms with E-state index in [-0.39, 0.29) is 23.1 Å². The summed E-state index contributed by atoms with van der Waals surface area (Å²) in [6, 6.07) is 58.3. The third-order valence-corrected chi connectivity index (χ3v) is 11.5. The Kier molecular flexibility index (Phi) is 11.3. The van der Waals surface area contributed by atoms with Gasteiger partial charge >= 0.3 is 0 Å². The molecule has 0 aliphatic rings. The number of nitrogens with two attached hydrogens (primary N) is 1. The molecule has 206 valence electrons. The average Bonchev–Trinajstić information content (AvgIpc) is 3.70. The zero-order chi connectivity index (χ0) is 26.9. The molecule has 6 aromatic carbocycles. The Morgan fingerprint density at radius 2 is 0.975 bits per heavy atom. The molecule has 1 unspecified atom stereocenters. The zero-order valence-electron chi connectivity index (χ0n) is 22.5. The first-order valence-corrected chi connectivity index (χ1v) is 15.9. The molecule has 0 aliphatic carbocycles. The monoisotopic (exact) mass is 597 g/mol. The fraction of sp³-hybridized carbons (Fsp3) is 0.0556. The number of benzene rings is 4. The van der Waals surface area contributed by atoms with Gasteiger partial charge in [0.25, 0.3) is 0 Å². The summed E-state index contributed by atoms with van der Waals surface area (Å²) in [4.78, 5) is 0. The molecule has 0 bridgehead atoms. The first-order valence-electron chi connectivity index (χ1n) is 13.3. The third-order valence-electron chi connectivity index (χ3n) is 6.52. The van der Waals surface area contributed by atoms with Gasteiger partial charge in [-0.25, -0.2) is 20.1 Å². The maximum Gasteiger partial charge on any atom is 0 e. The van der Waals surface area contributed by atoms with Crippen molar-refractivity contribution in [3.05, 3.63) is 169 Å². The molecule has 40 heavy (non-hydrogen) atoms.